The third-order valence-electron chi connectivity index (χ3n) is 3.12. The van der Waals surface area contributed by atoms with E-state index in [0.29, 0.717) is 0 Å². The van der Waals surface area contributed by atoms with Crippen LogP contribution in [0.15, 0.2) is 18.2 Å². The number of benzene rings is 1. The number of nitrogens with zero attached hydrogens (tertiary/aromatic N) is 1. The number of anilines is 1. The molecule has 0 aliphatic heterocycles. The lowest BCUT2D eigenvalue weighted by Crippen LogP contribution is -2.23. The molecule has 0 aliphatic rings. The first-order chi connectivity index (χ1) is 8.13. The Morgan fingerprint density at radius 2 is 2.06 bits per heavy atom. The van der Waals surface area contributed by atoms with Crippen LogP contribution in [0, 0.1) is 0 Å². The summed E-state index contributed by atoms with van der Waals surface area (Å²) in [6.07, 6.45) is 1.15. The second-order valence-corrected chi connectivity index (χ2v) is 4.70. The molecular weight excluding hydrogens is 232 g/mol. The number of hydrogen-bond acceptors (Lipinski definition) is 2. The molecule has 96 valence electrons. The highest BCUT2D eigenvalue weighted by Crippen LogP contribution is 2.27. The molecule has 0 bridgehead atoms. The predicted octanol–water partition coefficient (Wildman–Crippen LogP) is 3.86. The lowest BCUT2D eigenvalue weighted by atomic mass is 10.1. The van der Waals surface area contributed by atoms with Crippen molar-refractivity contribution in [1.82, 2.24) is 5.32 Å². The van der Waals surface area contributed by atoms with Gasteiger partial charge in [-0.1, -0.05) is 24.6 Å². The second kappa shape index (κ2) is 6.87. The van der Waals surface area contributed by atoms with Gasteiger partial charge in [0.1, 0.15) is 0 Å². The molecule has 1 aromatic carbocycles. The van der Waals surface area contributed by atoms with Crippen LogP contribution < -0.4 is 10.2 Å². The van der Waals surface area contributed by atoms with E-state index in [0.717, 1.165) is 30.1 Å². The fraction of sp³-hybridized carbons (Fsp3) is 0.571. The highest BCUT2D eigenvalue weighted by atomic mass is 35.5. The van der Waals surface area contributed by atoms with E-state index in [1.165, 1.54) is 5.69 Å². The van der Waals surface area contributed by atoms with Crippen LogP contribution in [0.1, 0.15) is 38.8 Å². The minimum atomic E-state index is 0.290. The van der Waals surface area contributed by atoms with E-state index >= 15 is 0 Å². The molecular formula is C14H23ClN2. The van der Waals surface area contributed by atoms with Crippen molar-refractivity contribution < 1.29 is 0 Å². The molecule has 1 unspecified atom stereocenters. The van der Waals surface area contributed by atoms with E-state index in [-0.39, 0.29) is 6.04 Å². The zero-order chi connectivity index (χ0) is 12.8. The Kier molecular flexibility index (Phi) is 5.79. The standard InChI is InChI=1S/C14H23ClN2/c1-5-9-17(6-2)12-7-8-13(11(3)16-4)14(15)10-12/h7-8,10-11,16H,5-6,9H2,1-4H3. The first kappa shape index (κ1) is 14.3. The number of rotatable bonds is 6. The Bertz CT molecular complexity index is 352. The van der Waals surface area contributed by atoms with Gasteiger partial charge < -0.3 is 10.2 Å². The van der Waals surface area contributed by atoms with Gasteiger partial charge in [-0.25, -0.2) is 0 Å². The molecule has 1 aromatic rings. The lowest BCUT2D eigenvalue weighted by Gasteiger charge is -2.24. The summed E-state index contributed by atoms with van der Waals surface area (Å²) in [6.45, 7) is 8.58. The van der Waals surface area contributed by atoms with Crippen LogP contribution in [0.3, 0.4) is 0 Å². The zero-order valence-electron chi connectivity index (χ0n) is 11.3. The van der Waals surface area contributed by atoms with Crippen molar-refractivity contribution in [3.8, 4) is 0 Å². The van der Waals surface area contributed by atoms with Crippen LogP contribution in [-0.4, -0.2) is 20.1 Å². The van der Waals surface area contributed by atoms with Crippen molar-refractivity contribution in [2.75, 3.05) is 25.0 Å². The molecule has 0 aromatic heterocycles. The van der Waals surface area contributed by atoms with Crippen molar-refractivity contribution in [2.45, 2.75) is 33.2 Å². The lowest BCUT2D eigenvalue weighted by molar-refractivity contribution is 0.652. The third kappa shape index (κ3) is 3.62. The summed E-state index contributed by atoms with van der Waals surface area (Å²) in [5, 5.41) is 4.06. The van der Waals surface area contributed by atoms with Crippen LogP contribution in [0.2, 0.25) is 5.02 Å². The Balaban J connectivity index is 2.94. The SMILES string of the molecule is CCCN(CC)c1ccc(C(C)NC)c(Cl)c1. The van der Waals surface area contributed by atoms with Gasteiger partial charge in [0.2, 0.25) is 0 Å². The van der Waals surface area contributed by atoms with E-state index in [2.05, 4.69) is 49.2 Å². The molecule has 1 rings (SSSR count). The van der Waals surface area contributed by atoms with E-state index in [9.17, 15) is 0 Å². The van der Waals surface area contributed by atoms with Crippen LogP contribution >= 0.6 is 11.6 Å². The minimum absolute atomic E-state index is 0.290. The molecule has 0 saturated carbocycles. The maximum atomic E-state index is 6.34. The molecule has 1 atom stereocenters. The monoisotopic (exact) mass is 254 g/mol. The average Bonchev–Trinajstić information content (AvgIpc) is 2.35. The molecule has 1 N–H and O–H groups in total. The first-order valence-corrected chi connectivity index (χ1v) is 6.73. The van der Waals surface area contributed by atoms with Gasteiger partial charge in [0.25, 0.3) is 0 Å². The summed E-state index contributed by atoms with van der Waals surface area (Å²) < 4.78 is 0. The molecule has 17 heavy (non-hydrogen) atoms. The molecule has 0 aliphatic carbocycles. The summed E-state index contributed by atoms with van der Waals surface area (Å²) >= 11 is 6.34. The zero-order valence-corrected chi connectivity index (χ0v) is 12.0. The quantitative estimate of drug-likeness (QED) is 0.830. The summed E-state index contributed by atoms with van der Waals surface area (Å²) in [5.74, 6) is 0. The van der Waals surface area contributed by atoms with Crippen LogP contribution in [0.5, 0.6) is 0 Å². The van der Waals surface area contributed by atoms with Crippen molar-refractivity contribution >= 4 is 17.3 Å². The van der Waals surface area contributed by atoms with Gasteiger partial charge in [-0.15, -0.1) is 0 Å². The molecule has 0 spiro atoms. The van der Waals surface area contributed by atoms with Crippen molar-refractivity contribution in [1.29, 1.82) is 0 Å². The van der Waals surface area contributed by atoms with E-state index in [1.54, 1.807) is 0 Å². The van der Waals surface area contributed by atoms with Crippen molar-refractivity contribution in [3.05, 3.63) is 28.8 Å². The molecule has 0 fully saturated rings. The third-order valence-corrected chi connectivity index (χ3v) is 3.45. The Labute approximate surface area is 110 Å². The number of nitrogens with one attached hydrogen (secondary N) is 1. The number of halogens is 1. The normalized spacial score (nSPS) is 12.5. The summed E-state index contributed by atoms with van der Waals surface area (Å²) in [4.78, 5) is 2.35. The van der Waals surface area contributed by atoms with Gasteiger partial charge in [0.05, 0.1) is 0 Å². The van der Waals surface area contributed by atoms with E-state index < -0.39 is 0 Å². The summed E-state index contributed by atoms with van der Waals surface area (Å²) in [5.41, 5.74) is 2.37. The molecule has 2 nitrogen and oxygen atoms in total. The fourth-order valence-corrected chi connectivity index (χ4v) is 2.30. The van der Waals surface area contributed by atoms with Crippen molar-refractivity contribution in [3.63, 3.8) is 0 Å². The average molecular weight is 255 g/mol. The summed E-state index contributed by atoms with van der Waals surface area (Å²) in [7, 11) is 1.95. The molecule has 0 saturated heterocycles. The van der Waals surface area contributed by atoms with Gasteiger partial charge in [-0.3, -0.25) is 0 Å². The molecule has 0 radical (unpaired) electrons. The molecule has 0 heterocycles. The maximum absolute atomic E-state index is 6.34. The van der Waals surface area contributed by atoms with Gasteiger partial charge >= 0.3 is 0 Å². The Morgan fingerprint density at radius 1 is 1.35 bits per heavy atom. The van der Waals surface area contributed by atoms with E-state index in [1.807, 2.05) is 7.05 Å². The van der Waals surface area contributed by atoms with Crippen LogP contribution in [0.25, 0.3) is 0 Å². The Hall–Kier alpha value is -0.730. The van der Waals surface area contributed by atoms with Crippen molar-refractivity contribution in [2.24, 2.45) is 0 Å². The molecule has 3 heteroatoms. The molecule has 0 amide bonds. The predicted molar refractivity (Wildman–Crippen MR) is 77.1 cm³/mol. The smallest absolute Gasteiger partial charge is 0.0474 e. The van der Waals surface area contributed by atoms with Gasteiger partial charge in [-0.2, -0.15) is 0 Å². The largest absolute Gasteiger partial charge is 0.372 e. The highest BCUT2D eigenvalue weighted by Gasteiger charge is 2.10. The van der Waals surface area contributed by atoms with Gasteiger partial charge in [0.15, 0.2) is 0 Å². The number of hydrogen-bond donors (Lipinski definition) is 1. The maximum Gasteiger partial charge on any atom is 0.0474 e. The summed E-state index contributed by atoms with van der Waals surface area (Å²) in [6, 6.07) is 6.65. The minimum Gasteiger partial charge on any atom is -0.372 e. The van der Waals surface area contributed by atoms with E-state index in [4.69, 9.17) is 11.6 Å². The fourth-order valence-electron chi connectivity index (χ4n) is 1.96. The van der Waals surface area contributed by atoms with Gasteiger partial charge in [-0.05, 0) is 45.0 Å². The van der Waals surface area contributed by atoms with Crippen LogP contribution in [-0.2, 0) is 0 Å². The second-order valence-electron chi connectivity index (χ2n) is 4.30. The topological polar surface area (TPSA) is 15.3 Å². The highest BCUT2D eigenvalue weighted by molar-refractivity contribution is 6.31. The Morgan fingerprint density at radius 3 is 2.53 bits per heavy atom. The van der Waals surface area contributed by atoms with Crippen LogP contribution in [0.4, 0.5) is 5.69 Å². The van der Waals surface area contributed by atoms with Gasteiger partial charge in [0, 0.05) is 29.8 Å². The first-order valence-electron chi connectivity index (χ1n) is 6.35.